The lowest BCUT2D eigenvalue weighted by molar-refractivity contribution is 0.722. The van der Waals surface area contributed by atoms with Gasteiger partial charge in [0.15, 0.2) is 0 Å². The molecule has 0 bridgehead atoms. The second kappa shape index (κ2) is 5.95. The molecule has 1 aromatic heterocycles. The van der Waals surface area contributed by atoms with Gasteiger partial charge in [-0.1, -0.05) is 25.1 Å². The lowest BCUT2D eigenvalue weighted by atomic mass is 10.2. The quantitative estimate of drug-likeness (QED) is 0.543. The summed E-state index contributed by atoms with van der Waals surface area (Å²) in [5.74, 6) is 0. The van der Waals surface area contributed by atoms with Gasteiger partial charge in [0.05, 0.1) is 0 Å². The largest absolute Gasteiger partial charge is 0.313 e. The number of thiophene rings is 1. The Morgan fingerprint density at radius 2 is 2.46 bits per heavy atom. The van der Waals surface area contributed by atoms with Gasteiger partial charge in [-0.15, -0.1) is 11.3 Å². The summed E-state index contributed by atoms with van der Waals surface area (Å²) < 4.78 is 0. The van der Waals surface area contributed by atoms with Crippen LogP contribution in [0.3, 0.4) is 0 Å². The monoisotopic (exact) mass is 195 g/mol. The standard InChI is InChI=1S/C11H17NS/c1-3-10(2)9-12-7-6-11-5-4-8-13-11/h4-5,8,12H,2-3,6-7,9H2,1H3. The highest BCUT2D eigenvalue weighted by Crippen LogP contribution is 2.08. The van der Waals surface area contributed by atoms with Crippen LogP contribution in [0.25, 0.3) is 0 Å². The lowest BCUT2D eigenvalue weighted by Gasteiger charge is -2.04. The molecule has 0 aliphatic carbocycles. The third-order valence-corrected chi connectivity index (χ3v) is 2.94. The van der Waals surface area contributed by atoms with E-state index < -0.39 is 0 Å². The van der Waals surface area contributed by atoms with E-state index in [1.807, 2.05) is 11.3 Å². The molecule has 0 amide bonds. The van der Waals surface area contributed by atoms with Crippen LogP contribution in [0.2, 0.25) is 0 Å². The van der Waals surface area contributed by atoms with E-state index in [1.165, 1.54) is 10.5 Å². The molecule has 0 saturated heterocycles. The highest BCUT2D eigenvalue weighted by molar-refractivity contribution is 7.09. The number of rotatable bonds is 6. The lowest BCUT2D eigenvalue weighted by Crippen LogP contribution is -2.19. The van der Waals surface area contributed by atoms with E-state index in [2.05, 4.69) is 36.3 Å². The van der Waals surface area contributed by atoms with Crippen LogP contribution >= 0.6 is 11.3 Å². The predicted molar refractivity (Wildman–Crippen MR) is 60.3 cm³/mol. The number of hydrogen-bond acceptors (Lipinski definition) is 2. The fourth-order valence-corrected chi connectivity index (χ4v) is 1.77. The van der Waals surface area contributed by atoms with Crippen LogP contribution in [0.5, 0.6) is 0 Å². The first-order valence-electron chi connectivity index (χ1n) is 4.72. The summed E-state index contributed by atoms with van der Waals surface area (Å²) in [5.41, 5.74) is 1.28. The summed E-state index contributed by atoms with van der Waals surface area (Å²) in [4.78, 5) is 1.45. The van der Waals surface area contributed by atoms with E-state index in [0.717, 1.165) is 25.9 Å². The van der Waals surface area contributed by atoms with Crippen LogP contribution in [-0.2, 0) is 6.42 Å². The molecule has 72 valence electrons. The average molecular weight is 195 g/mol. The second-order valence-corrected chi connectivity index (χ2v) is 4.14. The molecule has 1 heterocycles. The van der Waals surface area contributed by atoms with E-state index >= 15 is 0 Å². The summed E-state index contributed by atoms with van der Waals surface area (Å²) in [6, 6.07) is 4.28. The Morgan fingerprint density at radius 1 is 1.62 bits per heavy atom. The molecular weight excluding hydrogens is 178 g/mol. The Morgan fingerprint density at radius 3 is 3.08 bits per heavy atom. The van der Waals surface area contributed by atoms with Crippen LogP contribution in [0.1, 0.15) is 18.2 Å². The molecule has 0 fully saturated rings. The van der Waals surface area contributed by atoms with Crippen molar-refractivity contribution in [3.8, 4) is 0 Å². The Balaban J connectivity index is 2.05. The van der Waals surface area contributed by atoms with E-state index in [0.29, 0.717) is 0 Å². The molecule has 0 aromatic carbocycles. The summed E-state index contributed by atoms with van der Waals surface area (Å²) in [6.45, 7) is 8.11. The third kappa shape index (κ3) is 4.25. The molecule has 0 atom stereocenters. The van der Waals surface area contributed by atoms with Crippen molar-refractivity contribution in [1.82, 2.24) is 5.32 Å². The van der Waals surface area contributed by atoms with Gasteiger partial charge in [-0.3, -0.25) is 0 Å². The third-order valence-electron chi connectivity index (χ3n) is 2.00. The first kappa shape index (κ1) is 10.5. The van der Waals surface area contributed by atoms with E-state index in [-0.39, 0.29) is 0 Å². The molecule has 0 aliphatic rings. The van der Waals surface area contributed by atoms with E-state index in [9.17, 15) is 0 Å². The van der Waals surface area contributed by atoms with Gasteiger partial charge in [-0.25, -0.2) is 0 Å². The molecule has 0 spiro atoms. The van der Waals surface area contributed by atoms with Crippen molar-refractivity contribution in [2.24, 2.45) is 0 Å². The smallest absolute Gasteiger partial charge is 0.0161 e. The molecule has 1 nitrogen and oxygen atoms in total. The van der Waals surface area contributed by atoms with Gasteiger partial charge in [0, 0.05) is 18.0 Å². The van der Waals surface area contributed by atoms with Gasteiger partial charge in [0.2, 0.25) is 0 Å². The fourth-order valence-electron chi connectivity index (χ4n) is 1.06. The van der Waals surface area contributed by atoms with Gasteiger partial charge < -0.3 is 5.32 Å². The fraction of sp³-hybridized carbons (Fsp3) is 0.455. The van der Waals surface area contributed by atoms with Crippen molar-refractivity contribution < 1.29 is 0 Å². The van der Waals surface area contributed by atoms with Crippen molar-refractivity contribution in [3.05, 3.63) is 34.5 Å². The summed E-state index contributed by atoms with van der Waals surface area (Å²) in [6.07, 6.45) is 2.21. The topological polar surface area (TPSA) is 12.0 Å². The molecule has 0 saturated carbocycles. The van der Waals surface area contributed by atoms with Gasteiger partial charge in [-0.05, 0) is 24.3 Å². The Kier molecular flexibility index (Phi) is 4.79. The zero-order chi connectivity index (χ0) is 9.52. The molecule has 1 N–H and O–H groups in total. The molecule has 1 rings (SSSR count). The van der Waals surface area contributed by atoms with Crippen molar-refractivity contribution in [2.75, 3.05) is 13.1 Å². The zero-order valence-electron chi connectivity index (χ0n) is 8.18. The maximum atomic E-state index is 3.95. The average Bonchev–Trinajstić information content (AvgIpc) is 2.64. The molecule has 2 heteroatoms. The molecular formula is C11H17NS. The maximum absolute atomic E-state index is 3.95. The van der Waals surface area contributed by atoms with Crippen LogP contribution in [-0.4, -0.2) is 13.1 Å². The second-order valence-electron chi connectivity index (χ2n) is 3.11. The van der Waals surface area contributed by atoms with Crippen LogP contribution in [0.4, 0.5) is 0 Å². The number of hydrogen-bond donors (Lipinski definition) is 1. The van der Waals surface area contributed by atoms with Crippen molar-refractivity contribution in [3.63, 3.8) is 0 Å². The molecule has 0 radical (unpaired) electrons. The van der Waals surface area contributed by atoms with Gasteiger partial charge in [-0.2, -0.15) is 0 Å². The molecule has 1 aromatic rings. The molecule has 0 aliphatic heterocycles. The van der Waals surface area contributed by atoms with Gasteiger partial charge in [0.25, 0.3) is 0 Å². The van der Waals surface area contributed by atoms with Crippen LogP contribution in [0.15, 0.2) is 29.7 Å². The SMILES string of the molecule is C=C(CC)CNCCc1cccs1. The Labute approximate surface area is 84.5 Å². The van der Waals surface area contributed by atoms with E-state index in [1.54, 1.807) is 0 Å². The first-order chi connectivity index (χ1) is 6.33. The highest BCUT2D eigenvalue weighted by atomic mass is 32.1. The summed E-state index contributed by atoms with van der Waals surface area (Å²) >= 11 is 1.83. The van der Waals surface area contributed by atoms with Gasteiger partial charge >= 0.3 is 0 Å². The summed E-state index contributed by atoms with van der Waals surface area (Å²) in [7, 11) is 0. The summed E-state index contributed by atoms with van der Waals surface area (Å²) in [5, 5.41) is 5.51. The van der Waals surface area contributed by atoms with Crippen LogP contribution < -0.4 is 5.32 Å². The maximum Gasteiger partial charge on any atom is 0.0161 e. The van der Waals surface area contributed by atoms with Crippen molar-refractivity contribution in [1.29, 1.82) is 0 Å². The van der Waals surface area contributed by atoms with Crippen molar-refractivity contribution >= 4 is 11.3 Å². The minimum absolute atomic E-state index is 0.960. The Bertz CT molecular complexity index is 239. The Hall–Kier alpha value is -0.600. The highest BCUT2D eigenvalue weighted by Gasteiger charge is 1.93. The number of nitrogens with one attached hydrogen (secondary N) is 1. The molecule has 13 heavy (non-hydrogen) atoms. The minimum Gasteiger partial charge on any atom is -0.313 e. The minimum atomic E-state index is 0.960. The first-order valence-corrected chi connectivity index (χ1v) is 5.60. The normalized spacial score (nSPS) is 10.2. The van der Waals surface area contributed by atoms with E-state index in [4.69, 9.17) is 0 Å². The van der Waals surface area contributed by atoms with Crippen LogP contribution in [0, 0.1) is 0 Å². The molecule has 0 unspecified atom stereocenters. The van der Waals surface area contributed by atoms with Crippen molar-refractivity contribution in [2.45, 2.75) is 19.8 Å². The predicted octanol–water partition coefficient (Wildman–Crippen LogP) is 2.85. The van der Waals surface area contributed by atoms with Gasteiger partial charge in [0.1, 0.15) is 0 Å². The zero-order valence-corrected chi connectivity index (χ0v) is 8.99.